The number of piperidine rings is 1. The number of likely N-dealkylation sites (tertiary alicyclic amines) is 1. The molecule has 0 radical (unpaired) electrons. The predicted molar refractivity (Wildman–Crippen MR) is 75.4 cm³/mol. The Morgan fingerprint density at radius 3 is 2.84 bits per heavy atom. The molecule has 2 amide bonds. The third kappa shape index (κ3) is 4.13. The molecular weight excluding hydrogens is 242 g/mol. The van der Waals surface area contributed by atoms with Crippen LogP contribution in [0.1, 0.15) is 19.3 Å². The van der Waals surface area contributed by atoms with Crippen LogP contribution in [0.4, 0.5) is 10.5 Å². The minimum Gasteiger partial charge on any atom is -0.492 e. The van der Waals surface area contributed by atoms with Gasteiger partial charge in [-0.1, -0.05) is 6.07 Å². The monoisotopic (exact) mass is 263 g/mol. The Labute approximate surface area is 113 Å². The summed E-state index contributed by atoms with van der Waals surface area (Å²) in [5, 5.41) is 2.90. The van der Waals surface area contributed by atoms with Crippen LogP contribution < -0.4 is 15.8 Å². The standard InChI is InChI=1S/C14H21N3O2/c15-7-10-19-13-6-4-5-12(11-13)16-14(18)17-8-2-1-3-9-17/h4-6,11H,1-3,7-10,15H2,(H,16,18). The van der Waals surface area contributed by atoms with Gasteiger partial charge in [0.2, 0.25) is 0 Å². The van der Waals surface area contributed by atoms with Gasteiger partial charge in [-0.2, -0.15) is 0 Å². The summed E-state index contributed by atoms with van der Waals surface area (Å²) in [5.41, 5.74) is 6.15. The van der Waals surface area contributed by atoms with Crippen molar-refractivity contribution in [3.63, 3.8) is 0 Å². The van der Waals surface area contributed by atoms with Crippen LogP contribution in [0.2, 0.25) is 0 Å². The van der Waals surface area contributed by atoms with Crippen LogP contribution in [0.5, 0.6) is 5.75 Å². The smallest absolute Gasteiger partial charge is 0.321 e. The van der Waals surface area contributed by atoms with Gasteiger partial charge in [0.15, 0.2) is 0 Å². The van der Waals surface area contributed by atoms with Crippen LogP contribution in [0.15, 0.2) is 24.3 Å². The van der Waals surface area contributed by atoms with Crippen molar-refractivity contribution >= 4 is 11.7 Å². The number of ether oxygens (including phenoxy) is 1. The highest BCUT2D eigenvalue weighted by molar-refractivity contribution is 5.89. The number of nitrogens with zero attached hydrogens (tertiary/aromatic N) is 1. The van der Waals surface area contributed by atoms with Gasteiger partial charge < -0.3 is 20.7 Å². The van der Waals surface area contributed by atoms with Crippen molar-refractivity contribution in [2.45, 2.75) is 19.3 Å². The van der Waals surface area contributed by atoms with E-state index in [4.69, 9.17) is 10.5 Å². The van der Waals surface area contributed by atoms with E-state index in [0.717, 1.165) is 37.4 Å². The van der Waals surface area contributed by atoms with Crippen molar-refractivity contribution < 1.29 is 9.53 Å². The van der Waals surface area contributed by atoms with Crippen molar-refractivity contribution in [2.75, 3.05) is 31.6 Å². The quantitative estimate of drug-likeness (QED) is 0.873. The van der Waals surface area contributed by atoms with E-state index in [1.54, 1.807) is 0 Å². The lowest BCUT2D eigenvalue weighted by Crippen LogP contribution is -2.38. The molecule has 1 fully saturated rings. The summed E-state index contributed by atoms with van der Waals surface area (Å²) in [6.07, 6.45) is 3.40. The number of carbonyl (C=O) groups is 1. The number of anilines is 1. The Balaban J connectivity index is 1.92. The number of amides is 2. The number of hydrogen-bond acceptors (Lipinski definition) is 3. The molecule has 1 aromatic rings. The second-order valence-electron chi connectivity index (χ2n) is 4.64. The van der Waals surface area contributed by atoms with Gasteiger partial charge in [-0.3, -0.25) is 0 Å². The Kier molecular flexibility index (Phi) is 5.03. The largest absolute Gasteiger partial charge is 0.492 e. The topological polar surface area (TPSA) is 67.6 Å². The van der Waals surface area contributed by atoms with E-state index < -0.39 is 0 Å². The van der Waals surface area contributed by atoms with Crippen molar-refractivity contribution in [1.29, 1.82) is 0 Å². The zero-order chi connectivity index (χ0) is 13.5. The first-order chi connectivity index (χ1) is 9.29. The minimum atomic E-state index is -0.0318. The molecule has 104 valence electrons. The number of benzene rings is 1. The SMILES string of the molecule is NCCOc1cccc(NC(=O)N2CCCCC2)c1. The molecule has 1 saturated heterocycles. The van der Waals surface area contributed by atoms with E-state index in [0.29, 0.717) is 13.2 Å². The van der Waals surface area contributed by atoms with Gasteiger partial charge in [0, 0.05) is 31.4 Å². The number of rotatable bonds is 4. The van der Waals surface area contributed by atoms with Crippen molar-refractivity contribution in [3.05, 3.63) is 24.3 Å². The van der Waals surface area contributed by atoms with Gasteiger partial charge >= 0.3 is 6.03 Å². The van der Waals surface area contributed by atoms with Crippen molar-refractivity contribution in [3.8, 4) is 5.75 Å². The van der Waals surface area contributed by atoms with E-state index in [9.17, 15) is 4.79 Å². The third-order valence-electron chi connectivity index (χ3n) is 3.12. The first kappa shape index (κ1) is 13.7. The molecule has 0 aliphatic carbocycles. The molecule has 0 aromatic heterocycles. The molecule has 2 rings (SSSR count). The maximum absolute atomic E-state index is 12.0. The molecular formula is C14H21N3O2. The van der Waals surface area contributed by atoms with Gasteiger partial charge in [-0.05, 0) is 31.4 Å². The molecule has 5 nitrogen and oxygen atoms in total. The number of nitrogens with two attached hydrogens (primary N) is 1. The molecule has 3 N–H and O–H groups in total. The number of hydrogen-bond donors (Lipinski definition) is 2. The van der Waals surface area contributed by atoms with Crippen LogP contribution in [-0.4, -0.2) is 37.2 Å². The second kappa shape index (κ2) is 6.99. The highest BCUT2D eigenvalue weighted by Crippen LogP contribution is 2.18. The molecule has 1 aliphatic rings. The van der Waals surface area contributed by atoms with Gasteiger partial charge in [-0.15, -0.1) is 0 Å². The lowest BCUT2D eigenvalue weighted by atomic mass is 10.1. The van der Waals surface area contributed by atoms with E-state index in [1.165, 1.54) is 6.42 Å². The molecule has 1 aliphatic heterocycles. The molecule has 0 bridgehead atoms. The lowest BCUT2D eigenvalue weighted by Gasteiger charge is -2.26. The summed E-state index contributed by atoms with van der Waals surface area (Å²) in [7, 11) is 0. The Bertz CT molecular complexity index is 417. The zero-order valence-corrected chi connectivity index (χ0v) is 11.1. The molecule has 0 spiro atoms. The average molecular weight is 263 g/mol. The van der Waals surface area contributed by atoms with Gasteiger partial charge in [-0.25, -0.2) is 4.79 Å². The maximum Gasteiger partial charge on any atom is 0.321 e. The maximum atomic E-state index is 12.0. The van der Waals surface area contributed by atoms with E-state index >= 15 is 0 Å². The summed E-state index contributed by atoms with van der Waals surface area (Å²) < 4.78 is 5.43. The summed E-state index contributed by atoms with van der Waals surface area (Å²) in [4.78, 5) is 13.9. The molecule has 0 saturated carbocycles. The fraction of sp³-hybridized carbons (Fsp3) is 0.500. The van der Waals surface area contributed by atoms with Crippen LogP contribution in [0, 0.1) is 0 Å². The molecule has 1 aromatic carbocycles. The number of nitrogens with one attached hydrogen (secondary N) is 1. The van der Waals surface area contributed by atoms with Gasteiger partial charge in [0.1, 0.15) is 12.4 Å². The summed E-state index contributed by atoms with van der Waals surface area (Å²) in [6, 6.07) is 7.36. The fourth-order valence-electron chi connectivity index (χ4n) is 2.14. The zero-order valence-electron chi connectivity index (χ0n) is 11.1. The lowest BCUT2D eigenvalue weighted by molar-refractivity contribution is 0.200. The van der Waals surface area contributed by atoms with Gasteiger partial charge in [0.05, 0.1) is 0 Å². The molecule has 1 heterocycles. The van der Waals surface area contributed by atoms with Crippen molar-refractivity contribution in [1.82, 2.24) is 4.90 Å². The van der Waals surface area contributed by atoms with Crippen LogP contribution >= 0.6 is 0 Å². The molecule has 19 heavy (non-hydrogen) atoms. The van der Waals surface area contributed by atoms with Gasteiger partial charge in [0.25, 0.3) is 0 Å². The normalized spacial score (nSPS) is 15.1. The van der Waals surface area contributed by atoms with Crippen LogP contribution in [0.3, 0.4) is 0 Å². The summed E-state index contributed by atoms with van der Waals surface area (Å²) in [5.74, 6) is 0.724. The Morgan fingerprint density at radius 2 is 2.11 bits per heavy atom. The van der Waals surface area contributed by atoms with E-state index in [-0.39, 0.29) is 6.03 Å². The fourth-order valence-corrected chi connectivity index (χ4v) is 2.14. The number of carbonyl (C=O) groups excluding carboxylic acids is 1. The summed E-state index contributed by atoms with van der Waals surface area (Å²) in [6.45, 7) is 2.64. The average Bonchev–Trinajstić information content (AvgIpc) is 2.46. The third-order valence-corrected chi connectivity index (χ3v) is 3.12. The molecule has 0 unspecified atom stereocenters. The molecule has 0 atom stereocenters. The summed E-state index contributed by atoms with van der Waals surface area (Å²) >= 11 is 0. The highest BCUT2D eigenvalue weighted by Gasteiger charge is 2.16. The predicted octanol–water partition coefficient (Wildman–Crippen LogP) is 2.04. The second-order valence-corrected chi connectivity index (χ2v) is 4.64. The Morgan fingerprint density at radius 1 is 1.32 bits per heavy atom. The highest BCUT2D eigenvalue weighted by atomic mass is 16.5. The Hall–Kier alpha value is -1.75. The van der Waals surface area contributed by atoms with E-state index in [2.05, 4.69) is 5.32 Å². The molecule has 5 heteroatoms. The van der Waals surface area contributed by atoms with Crippen LogP contribution in [0.25, 0.3) is 0 Å². The minimum absolute atomic E-state index is 0.0318. The first-order valence-electron chi connectivity index (χ1n) is 6.78. The van der Waals surface area contributed by atoms with E-state index in [1.807, 2.05) is 29.2 Å². The number of urea groups is 1. The first-order valence-corrected chi connectivity index (χ1v) is 6.78. The van der Waals surface area contributed by atoms with Crippen LogP contribution in [-0.2, 0) is 0 Å². The van der Waals surface area contributed by atoms with Crippen molar-refractivity contribution in [2.24, 2.45) is 5.73 Å².